The molecular formula is C8H6O4. The number of aliphatic carboxylic acids is 1. The van der Waals surface area contributed by atoms with E-state index >= 15 is 0 Å². The molecule has 0 fully saturated rings. The molecule has 62 valence electrons. The van der Waals surface area contributed by atoms with Gasteiger partial charge < -0.3 is 5.11 Å². The molecule has 0 aromatic carbocycles. The van der Waals surface area contributed by atoms with Crippen molar-refractivity contribution < 1.29 is 19.5 Å². The first-order valence-electron chi connectivity index (χ1n) is 3.28. The van der Waals surface area contributed by atoms with E-state index in [2.05, 4.69) is 0 Å². The maximum Gasteiger partial charge on any atom is 0.307 e. The van der Waals surface area contributed by atoms with Gasteiger partial charge in [-0.1, -0.05) is 6.08 Å². The number of carboxylic acid groups (broad SMARTS) is 1. The monoisotopic (exact) mass is 166 g/mol. The summed E-state index contributed by atoms with van der Waals surface area (Å²) in [4.78, 5) is 31.5. The summed E-state index contributed by atoms with van der Waals surface area (Å²) in [6, 6.07) is 0. The molecular weight excluding hydrogens is 160 g/mol. The summed E-state index contributed by atoms with van der Waals surface area (Å²) in [5, 5.41) is 8.35. The number of hydrogen-bond donors (Lipinski definition) is 1. The first-order chi connectivity index (χ1) is 5.59. The molecule has 1 aliphatic rings. The zero-order valence-electron chi connectivity index (χ0n) is 6.11. The minimum absolute atomic E-state index is 0.227. The van der Waals surface area contributed by atoms with Crippen LogP contribution in [-0.4, -0.2) is 22.6 Å². The minimum Gasteiger partial charge on any atom is -0.481 e. The fraction of sp³-hybridized carbons (Fsp3) is 0.125. The summed E-state index contributed by atoms with van der Waals surface area (Å²) >= 11 is 0. The summed E-state index contributed by atoms with van der Waals surface area (Å²) in [7, 11) is 0. The van der Waals surface area contributed by atoms with E-state index in [1.165, 1.54) is 6.08 Å². The minimum atomic E-state index is -1.02. The van der Waals surface area contributed by atoms with Crippen molar-refractivity contribution in [2.45, 2.75) is 6.42 Å². The van der Waals surface area contributed by atoms with Crippen LogP contribution < -0.4 is 0 Å². The van der Waals surface area contributed by atoms with Crippen molar-refractivity contribution in [2.24, 2.45) is 0 Å². The number of rotatable bonds is 2. The third-order valence-electron chi connectivity index (χ3n) is 1.36. The van der Waals surface area contributed by atoms with Gasteiger partial charge in [0.1, 0.15) is 0 Å². The maximum absolute atomic E-state index is 10.7. The first kappa shape index (κ1) is 8.39. The molecule has 0 heterocycles. The van der Waals surface area contributed by atoms with Crippen molar-refractivity contribution in [2.75, 3.05) is 0 Å². The molecule has 0 amide bonds. The van der Waals surface area contributed by atoms with E-state index in [9.17, 15) is 14.4 Å². The van der Waals surface area contributed by atoms with Gasteiger partial charge in [-0.15, -0.1) is 0 Å². The zero-order chi connectivity index (χ0) is 9.14. The molecule has 1 rings (SSSR count). The van der Waals surface area contributed by atoms with Gasteiger partial charge in [-0.25, -0.2) is 0 Å². The number of allylic oxidation sites excluding steroid dienone is 3. The Kier molecular flexibility index (Phi) is 2.19. The van der Waals surface area contributed by atoms with Gasteiger partial charge in [0.15, 0.2) is 0 Å². The number of carboxylic acids is 1. The lowest BCUT2D eigenvalue weighted by atomic mass is 10.0. The molecule has 12 heavy (non-hydrogen) atoms. The molecule has 0 radical (unpaired) electrons. The third kappa shape index (κ3) is 1.88. The quantitative estimate of drug-likeness (QED) is 0.466. The number of carbonyl (C=O) groups is 3. The highest BCUT2D eigenvalue weighted by Crippen LogP contribution is 2.08. The average Bonchev–Trinajstić information content (AvgIpc) is 1.96. The van der Waals surface area contributed by atoms with Crippen molar-refractivity contribution in [1.82, 2.24) is 0 Å². The normalized spacial score (nSPS) is 16.2. The highest BCUT2D eigenvalue weighted by atomic mass is 16.4. The summed E-state index contributed by atoms with van der Waals surface area (Å²) in [6.07, 6.45) is 3.25. The second-order valence-corrected chi connectivity index (χ2v) is 2.35. The molecule has 4 heteroatoms. The Bertz CT molecular complexity index is 309. The molecule has 0 spiro atoms. The topological polar surface area (TPSA) is 71.4 Å². The van der Waals surface area contributed by atoms with Crippen LogP contribution in [0.2, 0.25) is 0 Å². The van der Waals surface area contributed by atoms with Gasteiger partial charge in [0.25, 0.3) is 0 Å². The van der Waals surface area contributed by atoms with Gasteiger partial charge in [-0.2, -0.15) is 0 Å². The van der Waals surface area contributed by atoms with Crippen molar-refractivity contribution in [3.8, 4) is 0 Å². The molecule has 0 saturated carbocycles. The molecule has 0 aliphatic heterocycles. The van der Waals surface area contributed by atoms with Gasteiger partial charge in [-0.05, 0) is 17.7 Å². The largest absolute Gasteiger partial charge is 0.481 e. The highest BCUT2D eigenvalue weighted by molar-refractivity contribution is 6.46. The van der Waals surface area contributed by atoms with Crippen LogP contribution in [-0.2, 0) is 14.4 Å². The lowest BCUT2D eigenvalue weighted by Gasteiger charge is -2.00. The van der Waals surface area contributed by atoms with E-state index in [0.29, 0.717) is 5.57 Å². The van der Waals surface area contributed by atoms with E-state index in [1.54, 1.807) is 0 Å². The van der Waals surface area contributed by atoms with Gasteiger partial charge in [0.05, 0.1) is 6.42 Å². The zero-order valence-corrected chi connectivity index (χ0v) is 6.11. The standard InChI is InChI=1S/C8H6O4/c9-6-2-1-5(3-7(6)10)4-8(11)12/h1-3H,4H2,(H,11,12). The van der Waals surface area contributed by atoms with Gasteiger partial charge in [0, 0.05) is 0 Å². The molecule has 0 unspecified atom stereocenters. The van der Waals surface area contributed by atoms with E-state index in [0.717, 1.165) is 12.2 Å². The molecule has 4 nitrogen and oxygen atoms in total. The van der Waals surface area contributed by atoms with Gasteiger partial charge in [-0.3, -0.25) is 14.4 Å². The third-order valence-corrected chi connectivity index (χ3v) is 1.36. The number of carbonyl (C=O) groups excluding carboxylic acids is 2. The first-order valence-corrected chi connectivity index (χ1v) is 3.28. The molecule has 0 aromatic heterocycles. The Labute approximate surface area is 68.2 Å². The fourth-order valence-electron chi connectivity index (χ4n) is 0.837. The predicted octanol–water partition coefficient (Wildman–Crippen LogP) is 0.0955. The second kappa shape index (κ2) is 3.13. The Balaban J connectivity index is 2.76. The molecule has 0 bridgehead atoms. The highest BCUT2D eigenvalue weighted by Gasteiger charge is 2.14. The SMILES string of the molecule is O=C(O)CC1=CC(=O)C(=O)C=C1. The van der Waals surface area contributed by atoms with E-state index in [1.807, 2.05) is 0 Å². The van der Waals surface area contributed by atoms with Crippen LogP contribution in [0.3, 0.4) is 0 Å². The second-order valence-electron chi connectivity index (χ2n) is 2.35. The molecule has 0 atom stereocenters. The molecule has 0 saturated heterocycles. The van der Waals surface area contributed by atoms with Gasteiger partial charge in [0.2, 0.25) is 11.6 Å². The lowest BCUT2D eigenvalue weighted by Crippen LogP contribution is -2.12. The summed E-state index contributed by atoms with van der Waals surface area (Å²) < 4.78 is 0. The van der Waals surface area contributed by atoms with E-state index in [-0.39, 0.29) is 6.42 Å². The van der Waals surface area contributed by atoms with Gasteiger partial charge >= 0.3 is 5.97 Å². The molecule has 1 N–H and O–H groups in total. The fourth-order valence-corrected chi connectivity index (χ4v) is 0.837. The van der Waals surface area contributed by atoms with Crippen molar-refractivity contribution in [3.05, 3.63) is 23.8 Å². The summed E-state index contributed by atoms with van der Waals surface area (Å²) in [5.74, 6) is -2.29. The molecule has 0 aromatic rings. The van der Waals surface area contributed by atoms with Crippen LogP contribution in [0.15, 0.2) is 23.8 Å². The Morgan fingerprint density at radius 2 is 1.92 bits per heavy atom. The number of hydrogen-bond acceptors (Lipinski definition) is 3. The van der Waals surface area contributed by atoms with Crippen LogP contribution in [0.1, 0.15) is 6.42 Å². The van der Waals surface area contributed by atoms with Crippen molar-refractivity contribution in [3.63, 3.8) is 0 Å². The van der Waals surface area contributed by atoms with Crippen LogP contribution in [0.4, 0.5) is 0 Å². The average molecular weight is 166 g/mol. The Morgan fingerprint density at radius 3 is 2.42 bits per heavy atom. The lowest BCUT2D eigenvalue weighted by molar-refractivity contribution is -0.136. The van der Waals surface area contributed by atoms with Crippen LogP contribution in [0.25, 0.3) is 0 Å². The van der Waals surface area contributed by atoms with E-state index in [4.69, 9.17) is 5.11 Å². The number of ketones is 2. The van der Waals surface area contributed by atoms with Crippen LogP contribution >= 0.6 is 0 Å². The Hall–Kier alpha value is -1.71. The summed E-state index contributed by atoms with van der Waals surface area (Å²) in [5.41, 5.74) is 0.354. The predicted molar refractivity (Wildman–Crippen MR) is 39.5 cm³/mol. The van der Waals surface area contributed by atoms with Crippen LogP contribution in [0, 0.1) is 0 Å². The molecule has 1 aliphatic carbocycles. The smallest absolute Gasteiger partial charge is 0.307 e. The van der Waals surface area contributed by atoms with Crippen LogP contribution in [0.5, 0.6) is 0 Å². The summed E-state index contributed by atoms with van der Waals surface area (Å²) in [6.45, 7) is 0. The van der Waals surface area contributed by atoms with E-state index < -0.39 is 17.5 Å². The van der Waals surface area contributed by atoms with Crippen molar-refractivity contribution >= 4 is 17.5 Å². The Morgan fingerprint density at radius 1 is 1.25 bits per heavy atom. The maximum atomic E-state index is 10.7. The van der Waals surface area contributed by atoms with Crippen molar-refractivity contribution in [1.29, 1.82) is 0 Å².